The predicted molar refractivity (Wildman–Crippen MR) is 112 cm³/mol. The number of sulfonamides is 1. The van der Waals surface area contributed by atoms with Crippen LogP contribution in [0.1, 0.15) is 31.2 Å². The minimum Gasteiger partial charge on any atom is -0.367 e. The van der Waals surface area contributed by atoms with Crippen LogP contribution in [0, 0.1) is 17.1 Å². The van der Waals surface area contributed by atoms with Crippen molar-refractivity contribution in [3.05, 3.63) is 47.9 Å². The second-order valence-electron chi connectivity index (χ2n) is 7.70. The monoisotopic (exact) mass is 429 g/mol. The molecule has 0 amide bonds. The average molecular weight is 430 g/mol. The number of anilines is 2. The second kappa shape index (κ2) is 8.58. The Bertz CT molecular complexity index is 1050. The van der Waals surface area contributed by atoms with Crippen molar-refractivity contribution >= 4 is 21.5 Å². The van der Waals surface area contributed by atoms with Gasteiger partial charge >= 0.3 is 0 Å². The summed E-state index contributed by atoms with van der Waals surface area (Å²) in [5, 5.41) is 12.2. The lowest BCUT2D eigenvalue weighted by molar-refractivity contribution is 0.477. The Hall–Kier alpha value is -2.70. The molecule has 2 fully saturated rings. The smallest absolute Gasteiger partial charge is 0.244 e. The molecule has 2 aromatic rings. The van der Waals surface area contributed by atoms with Gasteiger partial charge in [0.25, 0.3) is 0 Å². The van der Waals surface area contributed by atoms with Crippen LogP contribution in [0.3, 0.4) is 0 Å². The van der Waals surface area contributed by atoms with Crippen molar-refractivity contribution in [3.8, 4) is 6.07 Å². The summed E-state index contributed by atoms with van der Waals surface area (Å²) in [4.78, 5) is 6.47. The summed E-state index contributed by atoms with van der Waals surface area (Å²) < 4.78 is 41.1. The highest BCUT2D eigenvalue weighted by atomic mass is 32.2. The number of halogens is 1. The number of piperidine rings is 1. The van der Waals surface area contributed by atoms with Crippen molar-refractivity contribution in [2.24, 2.45) is 0 Å². The van der Waals surface area contributed by atoms with Gasteiger partial charge in [0.2, 0.25) is 10.0 Å². The fourth-order valence-corrected chi connectivity index (χ4v) is 5.51. The number of aromatic nitrogens is 1. The Morgan fingerprint density at radius 1 is 1.13 bits per heavy atom. The third kappa shape index (κ3) is 4.25. The molecule has 158 valence electrons. The molecule has 1 aromatic carbocycles. The molecule has 3 heterocycles. The Balaban J connectivity index is 1.42. The van der Waals surface area contributed by atoms with E-state index >= 15 is 0 Å². The zero-order chi connectivity index (χ0) is 21.1. The molecule has 0 saturated carbocycles. The number of nitrogens with one attached hydrogen (secondary N) is 1. The van der Waals surface area contributed by atoms with Crippen LogP contribution < -0.4 is 10.2 Å². The van der Waals surface area contributed by atoms with E-state index in [4.69, 9.17) is 5.26 Å². The van der Waals surface area contributed by atoms with Crippen LogP contribution in [0.5, 0.6) is 0 Å². The predicted octanol–water partition coefficient (Wildman–Crippen LogP) is 2.96. The first kappa shape index (κ1) is 20.6. The van der Waals surface area contributed by atoms with Gasteiger partial charge in [-0.05, 0) is 56.0 Å². The van der Waals surface area contributed by atoms with Crippen LogP contribution in [0.4, 0.5) is 15.9 Å². The summed E-state index contributed by atoms with van der Waals surface area (Å²) in [5.41, 5.74) is 0.789. The van der Waals surface area contributed by atoms with E-state index < -0.39 is 15.8 Å². The minimum absolute atomic E-state index is 0.0577. The fourth-order valence-electron chi connectivity index (χ4n) is 4.05. The maximum atomic E-state index is 14.4. The summed E-state index contributed by atoms with van der Waals surface area (Å²) >= 11 is 0. The molecule has 1 atom stereocenters. The third-order valence-electron chi connectivity index (χ3n) is 5.63. The standard InChI is InChI=1S/C21H24FN5O2S/c22-19-12-16(13-23)5-7-20(19)26-9-3-4-17(15-26)25-21-8-6-18(14-24-21)30(28,29)27-10-1-2-11-27/h5-8,12,14,17H,1-4,9-11,15H2,(H,24,25). The van der Waals surface area contributed by atoms with Gasteiger partial charge in [0.05, 0.1) is 17.3 Å². The van der Waals surface area contributed by atoms with Gasteiger partial charge < -0.3 is 10.2 Å². The molecular formula is C21H24FN5O2S. The molecule has 30 heavy (non-hydrogen) atoms. The van der Waals surface area contributed by atoms with Crippen LogP contribution in [0.15, 0.2) is 41.4 Å². The highest BCUT2D eigenvalue weighted by Gasteiger charge is 2.28. The molecule has 1 N–H and O–H groups in total. The normalized spacial score (nSPS) is 20.1. The molecule has 9 heteroatoms. The van der Waals surface area contributed by atoms with Crippen LogP contribution in [0.2, 0.25) is 0 Å². The Morgan fingerprint density at radius 3 is 2.60 bits per heavy atom. The fraction of sp³-hybridized carbons (Fsp3) is 0.429. The molecular weight excluding hydrogens is 405 g/mol. The van der Waals surface area contributed by atoms with Crippen LogP contribution >= 0.6 is 0 Å². The van der Waals surface area contributed by atoms with E-state index in [0.29, 0.717) is 36.7 Å². The SMILES string of the molecule is N#Cc1ccc(N2CCCC(Nc3ccc(S(=O)(=O)N4CCCC4)cn3)C2)c(F)c1. The molecule has 1 unspecified atom stereocenters. The quantitative estimate of drug-likeness (QED) is 0.786. The van der Waals surface area contributed by atoms with E-state index in [0.717, 1.165) is 32.2 Å². The van der Waals surface area contributed by atoms with Gasteiger partial charge in [0, 0.05) is 38.4 Å². The van der Waals surface area contributed by atoms with Crippen LogP contribution in [0.25, 0.3) is 0 Å². The number of nitriles is 1. The molecule has 2 aliphatic rings. The largest absolute Gasteiger partial charge is 0.367 e. The Kier molecular flexibility index (Phi) is 5.88. The first-order valence-electron chi connectivity index (χ1n) is 10.1. The van der Waals surface area contributed by atoms with Crippen molar-refractivity contribution in [1.29, 1.82) is 5.26 Å². The van der Waals surface area contributed by atoms with Crippen LogP contribution in [-0.4, -0.2) is 49.9 Å². The zero-order valence-electron chi connectivity index (χ0n) is 16.6. The van der Waals surface area contributed by atoms with Gasteiger partial charge in [-0.15, -0.1) is 0 Å². The lowest BCUT2D eigenvalue weighted by Crippen LogP contribution is -2.42. The molecule has 0 spiro atoms. The maximum Gasteiger partial charge on any atom is 0.244 e. The lowest BCUT2D eigenvalue weighted by atomic mass is 10.0. The molecule has 1 aromatic heterocycles. The highest BCUT2D eigenvalue weighted by Crippen LogP contribution is 2.26. The van der Waals surface area contributed by atoms with Crippen LogP contribution in [-0.2, 0) is 10.0 Å². The number of pyridine rings is 1. The van der Waals surface area contributed by atoms with Gasteiger partial charge in [-0.25, -0.2) is 17.8 Å². The summed E-state index contributed by atoms with van der Waals surface area (Å²) in [5.74, 6) is 0.201. The van der Waals surface area contributed by atoms with Gasteiger partial charge in [0.15, 0.2) is 0 Å². The topological polar surface area (TPSA) is 89.3 Å². The lowest BCUT2D eigenvalue weighted by Gasteiger charge is -2.35. The molecule has 2 saturated heterocycles. The Labute approximate surface area is 176 Å². The average Bonchev–Trinajstić information content (AvgIpc) is 3.30. The van der Waals surface area contributed by atoms with E-state index in [2.05, 4.69) is 10.3 Å². The number of benzene rings is 1. The molecule has 0 aliphatic carbocycles. The van der Waals surface area contributed by atoms with E-state index in [1.54, 1.807) is 24.3 Å². The number of hydrogen-bond donors (Lipinski definition) is 1. The third-order valence-corrected chi connectivity index (χ3v) is 7.51. The van der Waals surface area contributed by atoms with Crippen molar-refractivity contribution in [2.75, 3.05) is 36.4 Å². The summed E-state index contributed by atoms with van der Waals surface area (Å²) in [6.45, 7) is 2.46. The van der Waals surface area contributed by atoms with E-state index in [-0.39, 0.29) is 10.9 Å². The number of rotatable bonds is 5. The van der Waals surface area contributed by atoms with Gasteiger partial charge in [0.1, 0.15) is 16.5 Å². The summed E-state index contributed by atoms with van der Waals surface area (Å²) in [6, 6.07) is 9.80. The van der Waals surface area contributed by atoms with Gasteiger partial charge in [-0.2, -0.15) is 9.57 Å². The van der Waals surface area contributed by atoms with Gasteiger partial charge in [-0.1, -0.05) is 0 Å². The van der Waals surface area contributed by atoms with E-state index in [9.17, 15) is 12.8 Å². The molecule has 7 nitrogen and oxygen atoms in total. The van der Waals surface area contributed by atoms with Crippen molar-refractivity contribution in [2.45, 2.75) is 36.6 Å². The summed E-state index contributed by atoms with van der Waals surface area (Å²) in [7, 11) is -3.47. The zero-order valence-corrected chi connectivity index (χ0v) is 17.4. The van der Waals surface area contributed by atoms with E-state index in [1.807, 2.05) is 11.0 Å². The molecule has 4 rings (SSSR count). The Morgan fingerprint density at radius 2 is 1.93 bits per heavy atom. The van der Waals surface area contributed by atoms with Crippen molar-refractivity contribution in [3.63, 3.8) is 0 Å². The summed E-state index contributed by atoms with van der Waals surface area (Å²) in [6.07, 6.45) is 4.98. The molecule has 2 aliphatic heterocycles. The first-order valence-corrected chi connectivity index (χ1v) is 11.6. The number of hydrogen-bond acceptors (Lipinski definition) is 6. The first-order chi connectivity index (χ1) is 14.5. The van der Waals surface area contributed by atoms with Gasteiger partial charge in [-0.3, -0.25) is 0 Å². The molecule has 0 bridgehead atoms. The molecule has 0 radical (unpaired) electrons. The minimum atomic E-state index is -3.47. The van der Waals surface area contributed by atoms with E-state index in [1.165, 1.54) is 16.6 Å². The number of nitrogens with zero attached hydrogens (tertiary/aromatic N) is 4. The highest BCUT2D eigenvalue weighted by molar-refractivity contribution is 7.89. The van der Waals surface area contributed by atoms with Crippen molar-refractivity contribution in [1.82, 2.24) is 9.29 Å². The second-order valence-corrected chi connectivity index (χ2v) is 9.64. The maximum absolute atomic E-state index is 14.4. The van der Waals surface area contributed by atoms with Crippen molar-refractivity contribution < 1.29 is 12.8 Å².